The van der Waals surface area contributed by atoms with Gasteiger partial charge in [-0.2, -0.15) is 5.10 Å². The molecule has 0 aliphatic carbocycles. The number of benzene rings is 2. The van der Waals surface area contributed by atoms with Gasteiger partial charge in [-0.05, 0) is 61.4 Å². The van der Waals surface area contributed by atoms with Crippen LogP contribution < -0.4 is 0 Å². The molecule has 0 atom stereocenters. The van der Waals surface area contributed by atoms with E-state index in [9.17, 15) is 9.90 Å². The molecular weight excluding hydrogens is 407 g/mol. The van der Waals surface area contributed by atoms with Gasteiger partial charge in [-0.1, -0.05) is 46.9 Å². The zero-order valence-corrected chi connectivity index (χ0v) is 16.8. The van der Waals surface area contributed by atoms with Gasteiger partial charge in [-0.25, -0.2) is 9.48 Å². The maximum absolute atomic E-state index is 11.6. The van der Waals surface area contributed by atoms with Crippen LogP contribution in [0.3, 0.4) is 0 Å². The van der Waals surface area contributed by atoms with Crippen molar-refractivity contribution in [3.05, 3.63) is 80.0 Å². The number of carboxylic acid groups (broad SMARTS) is 1. The average Bonchev–Trinajstić information content (AvgIpc) is 2.92. The maximum Gasteiger partial charge on any atom is 0.356 e. The molecule has 0 saturated carbocycles. The number of hydrogen-bond donors (Lipinski definition) is 1. The molecule has 2 aromatic carbocycles. The Morgan fingerprint density at radius 3 is 2.44 bits per heavy atom. The van der Waals surface area contributed by atoms with Crippen LogP contribution in [0.2, 0.25) is 15.1 Å². The Balaban J connectivity index is 2.23. The van der Waals surface area contributed by atoms with Gasteiger partial charge in [0.05, 0.1) is 16.4 Å². The molecule has 0 spiro atoms. The second kappa shape index (κ2) is 7.77. The lowest BCUT2D eigenvalue weighted by molar-refractivity contribution is 0.0689. The Morgan fingerprint density at radius 1 is 1.11 bits per heavy atom. The normalized spacial score (nSPS) is 11.7. The van der Waals surface area contributed by atoms with Crippen molar-refractivity contribution in [1.82, 2.24) is 9.78 Å². The highest BCUT2D eigenvalue weighted by molar-refractivity contribution is 6.35. The lowest BCUT2D eigenvalue weighted by Gasteiger charge is -2.11. The lowest BCUT2D eigenvalue weighted by atomic mass is 10.0. The monoisotopic (exact) mass is 420 g/mol. The molecule has 1 heterocycles. The molecule has 3 rings (SSSR count). The largest absolute Gasteiger partial charge is 0.476 e. The number of carboxylic acids is 1. The molecule has 7 heteroatoms. The molecule has 0 aliphatic heterocycles. The maximum atomic E-state index is 11.6. The van der Waals surface area contributed by atoms with Crippen LogP contribution in [0.1, 0.15) is 34.2 Å². The SMILES string of the molecule is CC(=Cc1cccc(Cl)c1)c1c(C)c(C(=O)O)nn1-c1ccc(Cl)cc1Cl. The molecule has 0 radical (unpaired) electrons. The highest BCUT2D eigenvalue weighted by Gasteiger charge is 2.22. The number of hydrogen-bond acceptors (Lipinski definition) is 2. The van der Waals surface area contributed by atoms with Crippen LogP contribution in [0.4, 0.5) is 0 Å². The average molecular weight is 422 g/mol. The third-order valence-electron chi connectivity index (χ3n) is 4.07. The zero-order chi connectivity index (χ0) is 19.7. The number of halogens is 3. The van der Waals surface area contributed by atoms with Crippen molar-refractivity contribution in [2.45, 2.75) is 13.8 Å². The first-order valence-corrected chi connectivity index (χ1v) is 9.14. The summed E-state index contributed by atoms with van der Waals surface area (Å²) in [7, 11) is 0. The van der Waals surface area contributed by atoms with E-state index >= 15 is 0 Å². The van der Waals surface area contributed by atoms with Gasteiger partial charge in [0.25, 0.3) is 0 Å². The third-order valence-corrected chi connectivity index (χ3v) is 4.84. The van der Waals surface area contributed by atoms with E-state index in [-0.39, 0.29) is 5.69 Å². The molecule has 138 valence electrons. The third kappa shape index (κ3) is 4.03. The van der Waals surface area contributed by atoms with E-state index in [4.69, 9.17) is 34.8 Å². The number of aromatic carboxylic acids is 1. The molecule has 0 saturated heterocycles. The van der Waals surface area contributed by atoms with Gasteiger partial charge in [-0.3, -0.25) is 0 Å². The summed E-state index contributed by atoms with van der Waals surface area (Å²) in [6.45, 7) is 3.61. The molecule has 0 aliphatic rings. The van der Waals surface area contributed by atoms with Gasteiger partial charge in [0.1, 0.15) is 0 Å². The molecule has 1 N–H and O–H groups in total. The van der Waals surface area contributed by atoms with Crippen molar-refractivity contribution in [2.24, 2.45) is 0 Å². The summed E-state index contributed by atoms with van der Waals surface area (Å²) in [4.78, 5) is 11.6. The molecule has 27 heavy (non-hydrogen) atoms. The predicted octanol–water partition coefficient (Wildman–Crippen LogP) is 6.40. The smallest absolute Gasteiger partial charge is 0.356 e. The van der Waals surface area contributed by atoms with E-state index in [1.807, 2.05) is 31.2 Å². The second-order valence-electron chi connectivity index (χ2n) is 6.02. The fourth-order valence-corrected chi connectivity index (χ4v) is 3.59. The van der Waals surface area contributed by atoms with Crippen LogP contribution in [-0.2, 0) is 0 Å². The minimum Gasteiger partial charge on any atom is -0.476 e. The van der Waals surface area contributed by atoms with Gasteiger partial charge in [0.15, 0.2) is 5.69 Å². The van der Waals surface area contributed by atoms with Crippen molar-refractivity contribution >= 4 is 52.4 Å². The molecule has 0 amide bonds. The minimum absolute atomic E-state index is 0.0325. The van der Waals surface area contributed by atoms with E-state index in [1.165, 1.54) is 4.68 Å². The van der Waals surface area contributed by atoms with Crippen LogP contribution in [0.25, 0.3) is 17.3 Å². The highest BCUT2D eigenvalue weighted by atomic mass is 35.5. The summed E-state index contributed by atoms with van der Waals surface area (Å²) >= 11 is 18.4. The van der Waals surface area contributed by atoms with Crippen LogP contribution in [0.15, 0.2) is 42.5 Å². The summed E-state index contributed by atoms with van der Waals surface area (Å²) in [6.07, 6.45) is 1.92. The van der Waals surface area contributed by atoms with Crippen molar-refractivity contribution in [2.75, 3.05) is 0 Å². The molecule has 3 aromatic rings. The van der Waals surface area contributed by atoms with Gasteiger partial charge in [0.2, 0.25) is 0 Å². The van der Waals surface area contributed by atoms with E-state index in [1.54, 1.807) is 31.2 Å². The first kappa shape index (κ1) is 19.5. The van der Waals surface area contributed by atoms with E-state index in [0.717, 1.165) is 11.1 Å². The van der Waals surface area contributed by atoms with Crippen LogP contribution >= 0.6 is 34.8 Å². The van der Waals surface area contributed by atoms with E-state index in [0.29, 0.717) is 32.0 Å². The number of carbonyl (C=O) groups is 1. The number of rotatable bonds is 4. The van der Waals surface area contributed by atoms with Gasteiger partial charge in [0, 0.05) is 15.6 Å². The van der Waals surface area contributed by atoms with Crippen molar-refractivity contribution in [1.29, 1.82) is 0 Å². The molecule has 0 unspecified atom stereocenters. The van der Waals surface area contributed by atoms with Crippen molar-refractivity contribution in [3.8, 4) is 5.69 Å². The second-order valence-corrected chi connectivity index (χ2v) is 7.30. The van der Waals surface area contributed by atoms with Gasteiger partial charge < -0.3 is 5.11 Å². The highest BCUT2D eigenvalue weighted by Crippen LogP contribution is 2.31. The van der Waals surface area contributed by atoms with E-state index in [2.05, 4.69) is 5.10 Å². The Morgan fingerprint density at radius 2 is 1.81 bits per heavy atom. The number of aromatic nitrogens is 2. The van der Waals surface area contributed by atoms with Gasteiger partial charge in [-0.15, -0.1) is 0 Å². The number of allylic oxidation sites excluding steroid dienone is 1. The number of nitrogens with zero attached hydrogens (tertiary/aromatic N) is 2. The Hall–Kier alpha value is -2.27. The van der Waals surface area contributed by atoms with E-state index < -0.39 is 5.97 Å². The summed E-state index contributed by atoms with van der Waals surface area (Å²) in [5, 5.41) is 15.3. The molecule has 4 nitrogen and oxygen atoms in total. The Labute approximate surface area is 171 Å². The fourth-order valence-electron chi connectivity index (χ4n) is 2.90. The van der Waals surface area contributed by atoms with Crippen LogP contribution in [0, 0.1) is 6.92 Å². The van der Waals surface area contributed by atoms with Gasteiger partial charge >= 0.3 is 5.97 Å². The summed E-state index contributed by atoms with van der Waals surface area (Å²) < 4.78 is 1.54. The topological polar surface area (TPSA) is 55.1 Å². The summed E-state index contributed by atoms with van der Waals surface area (Å²) in [6, 6.07) is 12.4. The molecule has 0 fully saturated rings. The Kier molecular flexibility index (Phi) is 5.61. The predicted molar refractivity (Wildman–Crippen MR) is 110 cm³/mol. The molecular formula is C20H15Cl3N2O2. The van der Waals surface area contributed by atoms with Crippen molar-refractivity contribution in [3.63, 3.8) is 0 Å². The lowest BCUT2D eigenvalue weighted by Crippen LogP contribution is -2.04. The summed E-state index contributed by atoms with van der Waals surface area (Å²) in [5.41, 5.74) is 3.42. The first-order chi connectivity index (χ1) is 12.8. The first-order valence-electron chi connectivity index (χ1n) is 8.00. The summed E-state index contributed by atoms with van der Waals surface area (Å²) in [5.74, 6) is -1.10. The molecule has 1 aromatic heterocycles. The fraction of sp³-hybridized carbons (Fsp3) is 0.100. The van der Waals surface area contributed by atoms with Crippen LogP contribution in [0.5, 0.6) is 0 Å². The standard InChI is InChI=1S/C20H15Cl3N2O2/c1-11(8-13-4-3-5-14(21)9-13)19-12(2)18(20(26)27)24-25(19)17-7-6-15(22)10-16(17)23/h3-10H,1-2H3,(H,26,27). The zero-order valence-electron chi connectivity index (χ0n) is 14.5. The quantitative estimate of drug-likeness (QED) is 0.530. The Bertz CT molecular complexity index is 1070. The van der Waals surface area contributed by atoms with Crippen LogP contribution in [-0.4, -0.2) is 20.9 Å². The van der Waals surface area contributed by atoms with Crippen molar-refractivity contribution < 1.29 is 9.90 Å². The molecule has 0 bridgehead atoms. The minimum atomic E-state index is -1.10.